The molecule has 1 fully saturated rings. The molecule has 2 heterocycles. The highest BCUT2D eigenvalue weighted by molar-refractivity contribution is 6.46. The smallest absolute Gasteiger partial charge is 0.295 e. The van der Waals surface area contributed by atoms with Gasteiger partial charge in [0.1, 0.15) is 18.1 Å². The van der Waals surface area contributed by atoms with E-state index in [1.807, 2.05) is 0 Å². The lowest BCUT2D eigenvalue weighted by Gasteiger charge is -2.25. The number of non-ortho nitro benzene ring substituents is 1. The molecule has 1 N–H and O–H groups in total. The molecule has 0 spiro atoms. The van der Waals surface area contributed by atoms with E-state index in [0.29, 0.717) is 29.0 Å². The fourth-order valence-corrected chi connectivity index (χ4v) is 3.88. The highest BCUT2D eigenvalue weighted by atomic mass is 16.6. The number of nitrogens with zero attached hydrogens (tertiary/aromatic N) is 3. The highest BCUT2D eigenvalue weighted by Gasteiger charge is 2.46. The number of rotatable bonds is 8. The van der Waals surface area contributed by atoms with Crippen LogP contribution in [-0.2, 0) is 16.1 Å². The van der Waals surface area contributed by atoms with Gasteiger partial charge in [0.15, 0.2) is 0 Å². The quantitative estimate of drug-likeness (QED) is 0.131. The van der Waals surface area contributed by atoms with Gasteiger partial charge in [-0.3, -0.25) is 24.7 Å². The zero-order chi connectivity index (χ0) is 24.9. The summed E-state index contributed by atoms with van der Waals surface area (Å²) in [4.78, 5) is 42.1. The fourth-order valence-electron chi connectivity index (χ4n) is 3.88. The average Bonchev–Trinajstić information content (AvgIpc) is 3.13. The van der Waals surface area contributed by atoms with E-state index in [4.69, 9.17) is 4.74 Å². The number of aromatic nitrogens is 1. The number of benzene rings is 2. The van der Waals surface area contributed by atoms with Crippen LogP contribution in [0.1, 0.15) is 22.7 Å². The lowest BCUT2D eigenvalue weighted by molar-refractivity contribution is -0.384. The number of pyridine rings is 1. The molecule has 3 aromatic rings. The Balaban J connectivity index is 1.79. The van der Waals surface area contributed by atoms with Crippen LogP contribution >= 0.6 is 0 Å². The van der Waals surface area contributed by atoms with E-state index in [1.165, 1.54) is 29.2 Å². The van der Waals surface area contributed by atoms with E-state index in [2.05, 4.69) is 11.6 Å². The number of carbonyl (C=O) groups excluding carboxylic acids is 2. The SMILES string of the molecule is C=CCOc1ccc(C(O)=C2C(=O)C(=O)N(Cc3cccnc3)[C@@H]2c2ccc([N+](=O)[O-])cc2)cc1. The molecule has 0 radical (unpaired) electrons. The monoisotopic (exact) mass is 471 g/mol. The summed E-state index contributed by atoms with van der Waals surface area (Å²) in [5.74, 6) is -1.44. The number of Topliss-reactive ketones (excluding diaryl/α,β-unsaturated/α-hetero) is 1. The summed E-state index contributed by atoms with van der Waals surface area (Å²) >= 11 is 0. The van der Waals surface area contributed by atoms with E-state index < -0.39 is 22.7 Å². The number of amides is 1. The summed E-state index contributed by atoms with van der Waals surface area (Å²) in [5, 5.41) is 22.2. The summed E-state index contributed by atoms with van der Waals surface area (Å²) in [6.07, 6.45) is 4.77. The Kier molecular flexibility index (Phi) is 6.68. The Bertz CT molecular complexity index is 1300. The first kappa shape index (κ1) is 23.4. The molecular weight excluding hydrogens is 450 g/mol. The number of ketones is 1. The van der Waals surface area contributed by atoms with Gasteiger partial charge in [-0.15, -0.1) is 0 Å². The standard InChI is InChI=1S/C26H21N3O6/c1-2-14-35-21-11-7-19(8-12-21)24(30)22-23(18-5-9-20(10-6-18)29(33)34)28(26(32)25(22)31)16-17-4-3-13-27-15-17/h2-13,15,23,30H,1,14,16H2/t23-/m1/s1. The molecule has 9 nitrogen and oxygen atoms in total. The number of aliphatic hydroxyl groups is 1. The van der Waals surface area contributed by atoms with Crippen molar-refractivity contribution in [2.75, 3.05) is 6.61 Å². The van der Waals surface area contributed by atoms with Gasteiger partial charge in [0.05, 0.1) is 16.5 Å². The van der Waals surface area contributed by atoms with Crippen molar-refractivity contribution in [3.05, 3.63) is 118 Å². The molecule has 35 heavy (non-hydrogen) atoms. The van der Waals surface area contributed by atoms with Gasteiger partial charge in [-0.05, 0) is 53.6 Å². The van der Waals surface area contributed by atoms with Gasteiger partial charge in [-0.1, -0.05) is 18.7 Å². The minimum absolute atomic E-state index is 0.0607. The van der Waals surface area contributed by atoms with Crippen LogP contribution in [0.15, 0.2) is 91.3 Å². The molecule has 1 aliphatic rings. The topological polar surface area (TPSA) is 123 Å². The van der Waals surface area contributed by atoms with Crippen LogP contribution in [0.3, 0.4) is 0 Å². The van der Waals surface area contributed by atoms with Crippen LogP contribution in [0.4, 0.5) is 5.69 Å². The first-order valence-electron chi connectivity index (χ1n) is 10.7. The second-order valence-electron chi connectivity index (χ2n) is 7.76. The van der Waals surface area contributed by atoms with Crippen molar-refractivity contribution in [3.8, 4) is 5.75 Å². The highest BCUT2D eigenvalue weighted by Crippen LogP contribution is 2.40. The van der Waals surface area contributed by atoms with Crippen molar-refractivity contribution < 1.29 is 24.4 Å². The fraction of sp³-hybridized carbons (Fsp3) is 0.115. The van der Waals surface area contributed by atoms with E-state index in [-0.39, 0.29) is 23.6 Å². The minimum atomic E-state index is -0.951. The Morgan fingerprint density at radius 2 is 1.86 bits per heavy atom. The molecule has 0 unspecified atom stereocenters. The number of nitro groups is 1. The third kappa shape index (κ3) is 4.79. The molecule has 1 saturated heterocycles. The first-order valence-corrected chi connectivity index (χ1v) is 10.7. The second-order valence-corrected chi connectivity index (χ2v) is 7.76. The Hall–Kier alpha value is -4.79. The predicted molar refractivity (Wildman–Crippen MR) is 127 cm³/mol. The van der Waals surface area contributed by atoms with Crippen molar-refractivity contribution in [3.63, 3.8) is 0 Å². The van der Waals surface area contributed by atoms with E-state index in [0.717, 1.165) is 0 Å². The Morgan fingerprint density at radius 3 is 2.46 bits per heavy atom. The largest absolute Gasteiger partial charge is 0.507 e. The normalized spacial score (nSPS) is 16.8. The molecule has 1 amide bonds. The summed E-state index contributed by atoms with van der Waals surface area (Å²) < 4.78 is 5.45. The lowest BCUT2D eigenvalue weighted by atomic mass is 9.95. The molecule has 0 bridgehead atoms. The van der Waals surface area contributed by atoms with Crippen LogP contribution in [-0.4, -0.2) is 38.2 Å². The third-order valence-electron chi connectivity index (χ3n) is 5.53. The van der Waals surface area contributed by atoms with Crippen molar-refractivity contribution in [1.82, 2.24) is 9.88 Å². The number of hydrogen-bond donors (Lipinski definition) is 1. The van der Waals surface area contributed by atoms with Gasteiger partial charge in [-0.25, -0.2) is 0 Å². The number of likely N-dealkylation sites (tertiary alicyclic amines) is 1. The number of carbonyl (C=O) groups is 2. The predicted octanol–water partition coefficient (Wildman–Crippen LogP) is 4.18. The molecule has 1 atom stereocenters. The Morgan fingerprint density at radius 1 is 1.14 bits per heavy atom. The van der Waals surface area contributed by atoms with Gasteiger partial charge in [0, 0.05) is 36.6 Å². The van der Waals surface area contributed by atoms with Crippen LogP contribution in [0.2, 0.25) is 0 Å². The average molecular weight is 471 g/mol. The molecule has 4 rings (SSSR count). The molecule has 0 saturated carbocycles. The second kappa shape index (κ2) is 10.0. The maximum atomic E-state index is 13.1. The summed E-state index contributed by atoms with van der Waals surface area (Å²) in [5.41, 5.74) is 1.22. The van der Waals surface area contributed by atoms with Crippen LogP contribution in [0, 0.1) is 10.1 Å². The summed E-state index contributed by atoms with van der Waals surface area (Å²) in [7, 11) is 0. The van der Waals surface area contributed by atoms with Gasteiger partial charge < -0.3 is 14.7 Å². The summed E-state index contributed by atoms with van der Waals surface area (Å²) in [6.45, 7) is 3.96. The van der Waals surface area contributed by atoms with Gasteiger partial charge in [0.25, 0.3) is 17.4 Å². The minimum Gasteiger partial charge on any atom is -0.507 e. The Labute approximate surface area is 200 Å². The summed E-state index contributed by atoms with van der Waals surface area (Å²) in [6, 6.07) is 14.5. The molecular formula is C26H21N3O6. The van der Waals surface area contributed by atoms with Crippen LogP contribution < -0.4 is 4.74 Å². The number of hydrogen-bond acceptors (Lipinski definition) is 7. The van der Waals surface area contributed by atoms with Gasteiger partial charge >= 0.3 is 0 Å². The van der Waals surface area contributed by atoms with E-state index in [9.17, 15) is 24.8 Å². The first-order chi connectivity index (χ1) is 16.9. The number of ether oxygens (including phenoxy) is 1. The lowest BCUT2D eigenvalue weighted by Crippen LogP contribution is -2.29. The van der Waals surface area contributed by atoms with Crippen molar-refractivity contribution in [2.24, 2.45) is 0 Å². The molecule has 1 aliphatic heterocycles. The van der Waals surface area contributed by atoms with Gasteiger partial charge in [0.2, 0.25) is 0 Å². The number of aliphatic hydroxyl groups excluding tert-OH is 1. The van der Waals surface area contributed by atoms with Crippen molar-refractivity contribution in [1.29, 1.82) is 0 Å². The van der Waals surface area contributed by atoms with Crippen LogP contribution in [0.25, 0.3) is 5.76 Å². The van der Waals surface area contributed by atoms with Crippen LogP contribution in [0.5, 0.6) is 5.75 Å². The molecule has 9 heteroatoms. The van der Waals surface area contributed by atoms with E-state index >= 15 is 0 Å². The van der Waals surface area contributed by atoms with Gasteiger partial charge in [-0.2, -0.15) is 0 Å². The number of nitro benzene ring substituents is 1. The molecule has 176 valence electrons. The molecule has 2 aromatic carbocycles. The van der Waals surface area contributed by atoms with Crippen molar-refractivity contribution >= 4 is 23.1 Å². The maximum Gasteiger partial charge on any atom is 0.295 e. The maximum absolute atomic E-state index is 13.1. The van der Waals surface area contributed by atoms with Crippen molar-refractivity contribution in [2.45, 2.75) is 12.6 Å². The molecule has 0 aliphatic carbocycles. The zero-order valence-electron chi connectivity index (χ0n) is 18.5. The van der Waals surface area contributed by atoms with E-state index in [1.54, 1.807) is 54.9 Å². The molecule has 1 aromatic heterocycles. The third-order valence-corrected chi connectivity index (χ3v) is 5.53. The zero-order valence-corrected chi connectivity index (χ0v) is 18.5.